The summed E-state index contributed by atoms with van der Waals surface area (Å²) in [4.78, 5) is 0. The van der Waals surface area contributed by atoms with Crippen molar-refractivity contribution in [1.29, 1.82) is 0 Å². The van der Waals surface area contributed by atoms with Crippen molar-refractivity contribution < 1.29 is 9.84 Å². The highest BCUT2D eigenvalue weighted by molar-refractivity contribution is 4.85. The number of aliphatic hydroxyl groups is 1. The van der Waals surface area contributed by atoms with E-state index in [1.807, 2.05) is 0 Å². The summed E-state index contributed by atoms with van der Waals surface area (Å²) in [6.45, 7) is 3.25. The topological polar surface area (TPSA) is 41.5 Å². The molecule has 0 unspecified atom stereocenters. The van der Waals surface area contributed by atoms with Crippen LogP contribution >= 0.6 is 0 Å². The third-order valence-electron chi connectivity index (χ3n) is 3.01. The van der Waals surface area contributed by atoms with E-state index < -0.39 is 5.60 Å². The van der Waals surface area contributed by atoms with Crippen molar-refractivity contribution in [3.8, 4) is 0 Å². The van der Waals surface area contributed by atoms with Crippen molar-refractivity contribution in [1.82, 2.24) is 5.32 Å². The van der Waals surface area contributed by atoms with Gasteiger partial charge in [-0.05, 0) is 25.3 Å². The van der Waals surface area contributed by atoms with Crippen LogP contribution in [-0.2, 0) is 4.74 Å². The molecular weight excluding hydrogens is 166 g/mol. The number of hydrogen-bond donors (Lipinski definition) is 2. The second-order valence-electron chi connectivity index (χ2n) is 4.41. The minimum atomic E-state index is -0.493. The number of ether oxygens (including phenoxy) is 1. The Balaban J connectivity index is 1.64. The van der Waals surface area contributed by atoms with Gasteiger partial charge in [-0.3, -0.25) is 0 Å². The molecule has 1 heterocycles. The highest BCUT2D eigenvalue weighted by Gasteiger charge is 2.30. The van der Waals surface area contributed by atoms with E-state index in [2.05, 4.69) is 5.32 Å². The molecule has 3 nitrogen and oxygen atoms in total. The van der Waals surface area contributed by atoms with E-state index in [4.69, 9.17) is 4.74 Å². The molecule has 1 aliphatic heterocycles. The summed E-state index contributed by atoms with van der Waals surface area (Å²) >= 11 is 0. The van der Waals surface area contributed by atoms with Gasteiger partial charge in [0.2, 0.25) is 0 Å². The minimum Gasteiger partial charge on any atom is -0.388 e. The Bertz CT molecular complexity index is 162. The van der Waals surface area contributed by atoms with Gasteiger partial charge in [0, 0.05) is 32.6 Å². The lowest BCUT2D eigenvalue weighted by Gasteiger charge is -2.32. The van der Waals surface area contributed by atoms with Gasteiger partial charge in [-0.15, -0.1) is 0 Å². The fourth-order valence-corrected chi connectivity index (χ4v) is 1.76. The maximum atomic E-state index is 10.1. The van der Waals surface area contributed by atoms with Crippen LogP contribution in [0.25, 0.3) is 0 Å². The van der Waals surface area contributed by atoms with Crippen molar-refractivity contribution in [3.05, 3.63) is 0 Å². The standard InChI is InChI=1S/C10H19NO2/c12-10(3-5-13-6-4-10)8-11-7-9-1-2-9/h9,11-12H,1-8H2. The van der Waals surface area contributed by atoms with Crippen LogP contribution in [0.4, 0.5) is 0 Å². The number of hydrogen-bond acceptors (Lipinski definition) is 3. The molecule has 2 aliphatic rings. The molecule has 0 aromatic rings. The lowest BCUT2D eigenvalue weighted by Crippen LogP contribution is -2.45. The summed E-state index contributed by atoms with van der Waals surface area (Å²) in [5.74, 6) is 0.892. The fourth-order valence-electron chi connectivity index (χ4n) is 1.76. The van der Waals surface area contributed by atoms with Crippen LogP contribution in [-0.4, -0.2) is 37.0 Å². The summed E-state index contributed by atoms with van der Waals surface area (Å²) in [6, 6.07) is 0. The van der Waals surface area contributed by atoms with Crippen molar-refractivity contribution in [2.45, 2.75) is 31.3 Å². The molecule has 0 atom stereocenters. The quantitative estimate of drug-likeness (QED) is 0.671. The summed E-state index contributed by atoms with van der Waals surface area (Å²) < 4.78 is 5.22. The van der Waals surface area contributed by atoms with E-state index in [-0.39, 0.29) is 0 Å². The molecule has 2 rings (SSSR count). The Hall–Kier alpha value is -0.120. The molecule has 2 N–H and O–H groups in total. The first-order valence-electron chi connectivity index (χ1n) is 5.29. The summed E-state index contributed by atoms with van der Waals surface area (Å²) in [7, 11) is 0. The molecule has 0 spiro atoms. The Morgan fingerprint density at radius 1 is 1.31 bits per heavy atom. The summed E-state index contributed by atoms with van der Waals surface area (Å²) in [5, 5.41) is 13.4. The zero-order chi connectivity index (χ0) is 9.15. The van der Waals surface area contributed by atoms with Crippen LogP contribution in [0, 0.1) is 5.92 Å². The van der Waals surface area contributed by atoms with Crippen LogP contribution in [0.2, 0.25) is 0 Å². The Morgan fingerprint density at radius 3 is 2.62 bits per heavy atom. The molecule has 0 radical (unpaired) electrons. The predicted molar refractivity (Wildman–Crippen MR) is 50.6 cm³/mol. The van der Waals surface area contributed by atoms with E-state index in [9.17, 15) is 5.11 Å². The number of nitrogens with one attached hydrogen (secondary N) is 1. The van der Waals surface area contributed by atoms with Crippen molar-refractivity contribution >= 4 is 0 Å². The largest absolute Gasteiger partial charge is 0.388 e. The van der Waals surface area contributed by atoms with Gasteiger partial charge < -0.3 is 15.2 Å². The molecule has 13 heavy (non-hydrogen) atoms. The summed E-state index contributed by atoms with van der Waals surface area (Å²) in [5.41, 5.74) is -0.493. The maximum absolute atomic E-state index is 10.1. The molecule has 2 fully saturated rings. The van der Waals surface area contributed by atoms with Crippen molar-refractivity contribution in [2.75, 3.05) is 26.3 Å². The van der Waals surface area contributed by atoms with Gasteiger partial charge in [0.05, 0.1) is 5.60 Å². The molecule has 76 valence electrons. The van der Waals surface area contributed by atoms with Gasteiger partial charge in [-0.25, -0.2) is 0 Å². The zero-order valence-corrected chi connectivity index (χ0v) is 8.09. The molecular formula is C10H19NO2. The molecule has 1 aliphatic carbocycles. The molecule has 0 amide bonds. The minimum absolute atomic E-state index is 0.493. The Kier molecular flexibility index (Phi) is 2.86. The van der Waals surface area contributed by atoms with E-state index >= 15 is 0 Å². The van der Waals surface area contributed by atoms with Crippen LogP contribution in [0.1, 0.15) is 25.7 Å². The number of rotatable bonds is 4. The molecule has 3 heteroatoms. The zero-order valence-electron chi connectivity index (χ0n) is 8.09. The second kappa shape index (κ2) is 3.95. The first-order valence-corrected chi connectivity index (χ1v) is 5.29. The van der Waals surface area contributed by atoms with E-state index in [0.717, 1.165) is 31.8 Å². The second-order valence-corrected chi connectivity index (χ2v) is 4.41. The van der Waals surface area contributed by atoms with Gasteiger partial charge in [-0.2, -0.15) is 0 Å². The molecule has 0 aromatic heterocycles. The predicted octanol–water partition coefficient (Wildman–Crippen LogP) is 0.527. The Labute approximate surface area is 79.5 Å². The molecule has 0 aromatic carbocycles. The molecule has 0 bridgehead atoms. The van der Waals surface area contributed by atoms with Gasteiger partial charge in [-0.1, -0.05) is 0 Å². The maximum Gasteiger partial charge on any atom is 0.0815 e. The van der Waals surface area contributed by atoms with E-state index in [1.54, 1.807) is 0 Å². The van der Waals surface area contributed by atoms with Gasteiger partial charge in [0.1, 0.15) is 0 Å². The van der Waals surface area contributed by atoms with Crippen LogP contribution in [0.15, 0.2) is 0 Å². The average Bonchev–Trinajstić information content (AvgIpc) is 2.89. The van der Waals surface area contributed by atoms with Crippen molar-refractivity contribution in [2.24, 2.45) is 5.92 Å². The first kappa shape index (κ1) is 9.44. The summed E-state index contributed by atoms with van der Waals surface area (Å²) in [6.07, 6.45) is 4.30. The van der Waals surface area contributed by atoms with Crippen LogP contribution in [0.5, 0.6) is 0 Å². The van der Waals surface area contributed by atoms with Gasteiger partial charge in [0.25, 0.3) is 0 Å². The van der Waals surface area contributed by atoms with E-state index in [0.29, 0.717) is 13.2 Å². The van der Waals surface area contributed by atoms with Gasteiger partial charge >= 0.3 is 0 Å². The SMILES string of the molecule is OC1(CNCC2CC2)CCOCC1. The lowest BCUT2D eigenvalue weighted by atomic mass is 9.94. The highest BCUT2D eigenvalue weighted by Crippen LogP contribution is 2.28. The Morgan fingerprint density at radius 2 is 2.00 bits per heavy atom. The normalized spacial score (nSPS) is 27.5. The third kappa shape index (κ3) is 2.93. The lowest BCUT2D eigenvalue weighted by molar-refractivity contribution is -0.0615. The van der Waals surface area contributed by atoms with E-state index in [1.165, 1.54) is 12.8 Å². The molecule has 1 saturated carbocycles. The monoisotopic (exact) mass is 185 g/mol. The smallest absolute Gasteiger partial charge is 0.0815 e. The van der Waals surface area contributed by atoms with Gasteiger partial charge in [0.15, 0.2) is 0 Å². The average molecular weight is 185 g/mol. The molecule has 1 saturated heterocycles. The fraction of sp³-hybridized carbons (Fsp3) is 1.00. The van der Waals surface area contributed by atoms with Crippen LogP contribution < -0.4 is 5.32 Å². The third-order valence-corrected chi connectivity index (χ3v) is 3.01. The first-order chi connectivity index (χ1) is 6.29. The van der Waals surface area contributed by atoms with Crippen molar-refractivity contribution in [3.63, 3.8) is 0 Å². The highest BCUT2D eigenvalue weighted by atomic mass is 16.5. The van der Waals surface area contributed by atoms with Crippen LogP contribution in [0.3, 0.4) is 0 Å².